The second kappa shape index (κ2) is 5.21. The molecule has 0 amide bonds. The molecule has 1 atom stereocenters. The quantitative estimate of drug-likeness (QED) is 0.628. The Hall–Kier alpha value is -1.51. The molecular weight excluding hydrogens is 214 g/mol. The Morgan fingerprint density at radius 1 is 1.41 bits per heavy atom. The summed E-state index contributed by atoms with van der Waals surface area (Å²) in [4.78, 5) is 11.6. The first-order valence-corrected chi connectivity index (χ1v) is 6.16. The molecule has 92 valence electrons. The van der Waals surface area contributed by atoms with Crippen LogP contribution in [0.4, 0.5) is 5.69 Å². The lowest BCUT2D eigenvalue weighted by Gasteiger charge is -2.11. The number of carbonyl (C=O) groups is 1. The van der Waals surface area contributed by atoms with Gasteiger partial charge < -0.3 is 10.5 Å². The molecule has 17 heavy (non-hydrogen) atoms. The fraction of sp³-hybridized carbons (Fsp3) is 0.500. The summed E-state index contributed by atoms with van der Waals surface area (Å²) < 4.78 is 5.22. The van der Waals surface area contributed by atoms with Crippen LogP contribution in [-0.2, 0) is 9.53 Å². The van der Waals surface area contributed by atoms with Crippen LogP contribution in [0.5, 0.6) is 0 Å². The molecule has 3 heteroatoms. The van der Waals surface area contributed by atoms with Crippen LogP contribution in [0.1, 0.15) is 37.7 Å². The highest BCUT2D eigenvalue weighted by Gasteiger charge is 2.23. The van der Waals surface area contributed by atoms with Crippen LogP contribution < -0.4 is 5.73 Å². The minimum Gasteiger partial charge on any atom is -0.465 e. The van der Waals surface area contributed by atoms with Gasteiger partial charge in [0.2, 0.25) is 0 Å². The van der Waals surface area contributed by atoms with Gasteiger partial charge in [0.05, 0.1) is 13.0 Å². The molecule has 3 nitrogen and oxygen atoms in total. The molecule has 0 spiro atoms. The van der Waals surface area contributed by atoms with Gasteiger partial charge in [0, 0.05) is 5.69 Å². The van der Waals surface area contributed by atoms with Crippen molar-refractivity contribution < 1.29 is 9.53 Å². The van der Waals surface area contributed by atoms with E-state index in [0.29, 0.717) is 18.9 Å². The molecule has 0 aliphatic heterocycles. The van der Waals surface area contributed by atoms with E-state index in [2.05, 4.69) is 0 Å². The van der Waals surface area contributed by atoms with Crippen LogP contribution in [0.2, 0.25) is 0 Å². The maximum absolute atomic E-state index is 11.6. The van der Waals surface area contributed by atoms with Gasteiger partial charge in [-0.2, -0.15) is 0 Å². The summed E-state index contributed by atoms with van der Waals surface area (Å²) in [7, 11) is 0. The fourth-order valence-electron chi connectivity index (χ4n) is 1.75. The molecule has 0 bridgehead atoms. The van der Waals surface area contributed by atoms with Gasteiger partial charge in [0.1, 0.15) is 0 Å². The Bertz CT molecular complexity index is 382. The molecule has 0 heterocycles. The average molecular weight is 233 g/mol. The Labute approximate surface area is 102 Å². The Morgan fingerprint density at radius 3 is 2.65 bits per heavy atom. The van der Waals surface area contributed by atoms with E-state index in [4.69, 9.17) is 10.5 Å². The highest BCUT2D eigenvalue weighted by Crippen LogP contribution is 2.29. The van der Waals surface area contributed by atoms with Gasteiger partial charge in [-0.15, -0.1) is 0 Å². The van der Waals surface area contributed by atoms with Gasteiger partial charge in [-0.25, -0.2) is 0 Å². The zero-order valence-electron chi connectivity index (χ0n) is 10.2. The zero-order valence-corrected chi connectivity index (χ0v) is 10.2. The standard InChI is InChI=1S/C14H19NO2/c1-10(12-4-6-13(15)7-5-12)8-14(16)17-9-11-2-3-11/h4-7,10-11H,2-3,8-9,15H2,1H3. The molecule has 1 unspecified atom stereocenters. The number of esters is 1. The number of carbonyl (C=O) groups excluding carboxylic acids is 1. The van der Waals surface area contributed by atoms with Crippen LogP contribution in [0.25, 0.3) is 0 Å². The lowest BCUT2D eigenvalue weighted by atomic mass is 9.98. The monoisotopic (exact) mass is 233 g/mol. The van der Waals surface area contributed by atoms with Crippen molar-refractivity contribution in [2.24, 2.45) is 5.92 Å². The van der Waals surface area contributed by atoms with Gasteiger partial charge >= 0.3 is 5.97 Å². The van der Waals surface area contributed by atoms with E-state index in [9.17, 15) is 4.79 Å². The molecule has 1 saturated carbocycles. The maximum atomic E-state index is 11.6. The van der Waals surface area contributed by atoms with E-state index >= 15 is 0 Å². The van der Waals surface area contributed by atoms with E-state index < -0.39 is 0 Å². The number of nitrogen functional groups attached to an aromatic ring is 1. The summed E-state index contributed by atoms with van der Waals surface area (Å²) in [6, 6.07) is 7.66. The average Bonchev–Trinajstić information content (AvgIpc) is 3.11. The lowest BCUT2D eigenvalue weighted by molar-refractivity contribution is -0.144. The third-order valence-electron chi connectivity index (χ3n) is 3.16. The number of hydrogen-bond donors (Lipinski definition) is 1. The number of rotatable bonds is 5. The van der Waals surface area contributed by atoms with E-state index in [1.165, 1.54) is 12.8 Å². The molecule has 2 rings (SSSR count). The summed E-state index contributed by atoms with van der Waals surface area (Å²) in [5.74, 6) is 0.717. The molecule has 0 saturated heterocycles. The molecule has 1 aromatic rings. The Kier molecular flexibility index (Phi) is 3.67. The number of nitrogens with two attached hydrogens (primary N) is 1. The van der Waals surface area contributed by atoms with Crippen LogP contribution in [0, 0.1) is 5.92 Å². The zero-order chi connectivity index (χ0) is 12.3. The number of anilines is 1. The first kappa shape index (κ1) is 12.0. The molecule has 1 aliphatic carbocycles. The molecule has 1 aliphatic rings. The predicted molar refractivity (Wildman–Crippen MR) is 67.6 cm³/mol. The van der Waals surface area contributed by atoms with E-state index in [-0.39, 0.29) is 11.9 Å². The van der Waals surface area contributed by atoms with Crippen molar-refractivity contribution in [2.75, 3.05) is 12.3 Å². The van der Waals surface area contributed by atoms with Crippen molar-refractivity contribution in [3.05, 3.63) is 29.8 Å². The fourth-order valence-corrected chi connectivity index (χ4v) is 1.75. The third-order valence-corrected chi connectivity index (χ3v) is 3.16. The highest BCUT2D eigenvalue weighted by molar-refractivity contribution is 5.70. The molecular formula is C14H19NO2. The molecule has 1 aromatic carbocycles. The summed E-state index contributed by atoms with van der Waals surface area (Å²) in [6.45, 7) is 2.64. The molecule has 0 aromatic heterocycles. The molecule has 1 fully saturated rings. The number of ether oxygens (including phenoxy) is 1. The number of hydrogen-bond acceptors (Lipinski definition) is 3. The van der Waals surface area contributed by atoms with Gasteiger partial charge in [-0.3, -0.25) is 4.79 Å². The van der Waals surface area contributed by atoms with Gasteiger partial charge in [-0.05, 0) is 42.4 Å². The van der Waals surface area contributed by atoms with Crippen LogP contribution >= 0.6 is 0 Å². The lowest BCUT2D eigenvalue weighted by Crippen LogP contribution is -2.10. The third kappa shape index (κ3) is 3.77. The van der Waals surface area contributed by atoms with Crippen molar-refractivity contribution >= 4 is 11.7 Å². The predicted octanol–water partition coefficient (Wildman–Crippen LogP) is 2.72. The van der Waals surface area contributed by atoms with E-state index in [1.54, 1.807) is 0 Å². The first-order chi connectivity index (χ1) is 8.15. The van der Waals surface area contributed by atoms with E-state index in [0.717, 1.165) is 11.3 Å². The second-order valence-corrected chi connectivity index (χ2v) is 4.90. The summed E-state index contributed by atoms with van der Waals surface area (Å²) in [5, 5.41) is 0. The van der Waals surface area contributed by atoms with Crippen molar-refractivity contribution in [1.82, 2.24) is 0 Å². The van der Waals surface area contributed by atoms with Gasteiger partial charge in [0.15, 0.2) is 0 Å². The number of benzene rings is 1. The summed E-state index contributed by atoms with van der Waals surface area (Å²) in [5.41, 5.74) is 7.50. The minimum absolute atomic E-state index is 0.0961. The van der Waals surface area contributed by atoms with Crippen molar-refractivity contribution in [3.8, 4) is 0 Å². The molecule has 2 N–H and O–H groups in total. The largest absolute Gasteiger partial charge is 0.465 e. The van der Waals surface area contributed by atoms with Crippen molar-refractivity contribution in [3.63, 3.8) is 0 Å². The van der Waals surface area contributed by atoms with Crippen molar-refractivity contribution in [1.29, 1.82) is 0 Å². The topological polar surface area (TPSA) is 52.3 Å². The SMILES string of the molecule is CC(CC(=O)OCC1CC1)c1ccc(N)cc1. The van der Waals surface area contributed by atoms with E-state index in [1.807, 2.05) is 31.2 Å². The van der Waals surface area contributed by atoms with Crippen molar-refractivity contribution in [2.45, 2.75) is 32.1 Å². The summed E-state index contributed by atoms with van der Waals surface area (Å²) >= 11 is 0. The highest BCUT2D eigenvalue weighted by atomic mass is 16.5. The van der Waals surface area contributed by atoms with Gasteiger partial charge in [0.25, 0.3) is 0 Å². The van der Waals surface area contributed by atoms with Crippen LogP contribution in [0.15, 0.2) is 24.3 Å². The Balaban J connectivity index is 1.80. The first-order valence-electron chi connectivity index (χ1n) is 6.16. The maximum Gasteiger partial charge on any atom is 0.306 e. The molecule has 0 radical (unpaired) electrons. The normalized spacial score (nSPS) is 16.5. The Morgan fingerprint density at radius 2 is 2.06 bits per heavy atom. The van der Waals surface area contributed by atoms with Crippen LogP contribution in [0.3, 0.4) is 0 Å². The minimum atomic E-state index is -0.0961. The summed E-state index contributed by atoms with van der Waals surface area (Å²) in [6.07, 6.45) is 2.86. The van der Waals surface area contributed by atoms with Gasteiger partial charge in [-0.1, -0.05) is 19.1 Å². The smallest absolute Gasteiger partial charge is 0.306 e. The second-order valence-electron chi connectivity index (χ2n) is 4.90. The van der Waals surface area contributed by atoms with Crippen LogP contribution in [-0.4, -0.2) is 12.6 Å².